The first-order valence-electron chi connectivity index (χ1n) is 7.73. The van der Waals surface area contributed by atoms with Gasteiger partial charge in [0, 0.05) is 12.6 Å². The summed E-state index contributed by atoms with van der Waals surface area (Å²) in [6.07, 6.45) is -3.47. The van der Waals surface area contributed by atoms with Crippen molar-refractivity contribution in [1.29, 1.82) is 0 Å². The van der Waals surface area contributed by atoms with Gasteiger partial charge in [-0.25, -0.2) is 9.59 Å². The van der Waals surface area contributed by atoms with Crippen LogP contribution in [0.1, 0.15) is 29.9 Å². The van der Waals surface area contributed by atoms with Crippen molar-refractivity contribution in [2.75, 3.05) is 6.61 Å². The number of amides is 2. The number of hydrogen-bond acceptors (Lipinski definition) is 8. The average Bonchev–Trinajstić information content (AvgIpc) is 2.92. The first-order valence-corrected chi connectivity index (χ1v) is 7.73. The standard InChI is InChI=1S/C14H20N4O8/c1-5(20)10(16-13(15)24)11(22)6-3-18(14(25)17-12(6)23)9-2-7(21)8(4-19)26-9/h3,5,7-10,19-21H,2,4H2,1H3,(H3,15,16,24)(H,17,23,25)/t5-,7+,8-,9-,10-/m1/s1. The van der Waals surface area contributed by atoms with Gasteiger partial charge in [0.2, 0.25) is 0 Å². The zero-order valence-electron chi connectivity index (χ0n) is 13.8. The number of aliphatic hydroxyl groups is 3. The van der Waals surface area contributed by atoms with Crippen molar-refractivity contribution in [3.05, 3.63) is 32.6 Å². The van der Waals surface area contributed by atoms with E-state index in [2.05, 4.69) is 0 Å². The Bertz CT molecular complexity index is 801. The van der Waals surface area contributed by atoms with E-state index < -0.39 is 65.8 Å². The van der Waals surface area contributed by atoms with Crippen LogP contribution in [0.15, 0.2) is 15.8 Å². The monoisotopic (exact) mass is 372 g/mol. The van der Waals surface area contributed by atoms with Crippen molar-refractivity contribution in [3.63, 3.8) is 0 Å². The molecule has 0 saturated carbocycles. The van der Waals surface area contributed by atoms with Crippen molar-refractivity contribution in [3.8, 4) is 0 Å². The number of aliphatic hydroxyl groups excluding tert-OH is 3. The zero-order chi connectivity index (χ0) is 19.6. The molecule has 1 aliphatic heterocycles. The van der Waals surface area contributed by atoms with Gasteiger partial charge < -0.3 is 31.1 Å². The normalized spacial score (nSPS) is 24.8. The number of Topliss-reactive ketones (excluding diaryl/α,β-unsaturated/α-hetero) is 1. The molecule has 26 heavy (non-hydrogen) atoms. The van der Waals surface area contributed by atoms with Crippen molar-refractivity contribution < 1.29 is 29.6 Å². The number of aromatic amines is 1. The highest BCUT2D eigenvalue weighted by Crippen LogP contribution is 2.27. The maximum Gasteiger partial charge on any atom is 0.330 e. The van der Waals surface area contributed by atoms with Gasteiger partial charge >= 0.3 is 11.7 Å². The molecule has 5 atom stereocenters. The molecule has 1 saturated heterocycles. The Morgan fingerprint density at radius 1 is 1.50 bits per heavy atom. The van der Waals surface area contributed by atoms with Gasteiger partial charge in [0.05, 0.1) is 18.8 Å². The first kappa shape index (κ1) is 19.8. The quantitative estimate of drug-likeness (QED) is 0.280. The van der Waals surface area contributed by atoms with E-state index in [1.807, 2.05) is 10.3 Å². The zero-order valence-corrected chi connectivity index (χ0v) is 13.8. The van der Waals surface area contributed by atoms with E-state index in [-0.39, 0.29) is 6.42 Å². The summed E-state index contributed by atoms with van der Waals surface area (Å²) in [5, 5.41) is 30.6. The summed E-state index contributed by atoms with van der Waals surface area (Å²) in [6, 6.07) is -2.58. The summed E-state index contributed by atoms with van der Waals surface area (Å²) in [6.45, 7) is 0.735. The molecule has 7 N–H and O–H groups in total. The number of nitrogens with two attached hydrogens (primary N) is 1. The maximum atomic E-state index is 12.5. The Balaban J connectivity index is 2.41. The Kier molecular flexibility index (Phi) is 5.92. The molecule has 1 aliphatic rings. The molecule has 0 radical (unpaired) electrons. The number of nitrogens with one attached hydrogen (secondary N) is 2. The molecule has 144 valence electrons. The molecular weight excluding hydrogens is 352 g/mol. The molecule has 0 aliphatic carbocycles. The number of primary amides is 1. The van der Waals surface area contributed by atoms with Crippen LogP contribution in [0, 0.1) is 0 Å². The third-order valence-corrected chi connectivity index (χ3v) is 3.99. The van der Waals surface area contributed by atoms with Gasteiger partial charge in [-0.15, -0.1) is 0 Å². The van der Waals surface area contributed by atoms with E-state index >= 15 is 0 Å². The van der Waals surface area contributed by atoms with Crippen LogP contribution in [0.4, 0.5) is 4.79 Å². The fourth-order valence-corrected chi connectivity index (χ4v) is 2.65. The predicted octanol–water partition coefficient (Wildman–Crippen LogP) is -3.22. The first-order chi connectivity index (χ1) is 12.1. The summed E-state index contributed by atoms with van der Waals surface area (Å²) in [5.41, 5.74) is 2.53. The van der Waals surface area contributed by atoms with Crippen LogP contribution in [0.2, 0.25) is 0 Å². The third-order valence-electron chi connectivity index (χ3n) is 3.99. The minimum Gasteiger partial charge on any atom is -0.394 e. The number of rotatable bonds is 6. The Morgan fingerprint density at radius 3 is 2.65 bits per heavy atom. The summed E-state index contributed by atoms with van der Waals surface area (Å²) < 4.78 is 6.21. The van der Waals surface area contributed by atoms with Gasteiger partial charge in [-0.05, 0) is 6.92 Å². The molecule has 2 rings (SSSR count). The SMILES string of the molecule is C[C@@H](O)[C@@H](NC(N)=O)C(=O)c1cn([C@H]2C[C@H](O)[C@@H](CO)O2)c(=O)[nH]c1=O. The summed E-state index contributed by atoms with van der Waals surface area (Å²) in [4.78, 5) is 49.5. The number of urea groups is 1. The van der Waals surface area contributed by atoms with Gasteiger partial charge in [-0.1, -0.05) is 0 Å². The number of hydrogen-bond donors (Lipinski definition) is 6. The van der Waals surface area contributed by atoms with Crippen LogP contribution < -0.4 is 22.3 Å². The molecular formula is C14H20N4O8. The number of nitrogens with zero attached hydrogens (tertiary/aromatic N) is 1. The lowest BCUT2D eigenvalue weighted by Gasteiger charge is -2.20. The minimum atomic E-state index is -1.50. The van der Waals surface area contributed by atoms with E-state index in [9.17, 15) is 29.4 Å². The van der Waals surface area contributed by atoms with Gasteiger partial charge in [-0.3, -0.25) is 19.1 Å². The Hall–Kier alpha value is -2.54. The maximum absolute atomic E-state index is 12.5. The predicted molar refractivity (Wildman–Crippen MR) is 85.5 cm³/mol. The second-order valence-corrected chi connectivity index (χ2v) is 5.92. The molecule has 0 unspecified atom stereocenters. The Labute approximate surface area is 146 Å². The highest BCUT2D eigenvalue weighted by molar-refractivity contribution is 6.01. The van der Waals surface area contributed by atoms with Gasteiger partial charge in [0.1, 0.15) is 23.9 Å². The molecule has 1 aromatic rings. The lowest BCUT2D eigenvalue weighted by molar-refractivity contribution is -0.0459. The summed E-state index contributed by atoms with van der Waals surface area (Å²) in [5.74, 6) is -0.967. The van der Waals surface area contributed by atoms with Crippen LogP contribution in [0.3, 0.4) is 0 Å². The summed E-state index contributed by atoms with van der Waals surface area (Å²) in [7, 11) is 0. The molecule has 0 spiro atoms. The second-order valence-electron chi connectivity index (χ2n) is 5.92. The average molecular weight is 372 g/mol. The molecule has 12 nitrogen and oxygen atoms in total. The molecule has 1 aromatic heterocycles. The van der Waals surface area contributed by atoms with Crippen LogP contribution in [-0.2, 0) is 4.74 Å². The van der Waals surface area contributed by atoms with Crippen LogP contribution in [-0.4, -0.2) is 67.6 Å². The van der Waals surface area contributed by atoms with Crippen molar-refractivity contribution in [2.24, 2.45) is 5.73 Å². The fourth-order valence-electron chi connectivity index (χ4n) is 2.65. The van der Waals surface area contributed by atoms with E-state index in [1.54, 1.807) is 0 Å². The number of carbonyl (C=O) groups excluding carboxylic acids is 2. The fraction of sp³-hybridized carbons (Fsp3) is 0.571. The molecule has 1 fully saturated rings. The smallest absolute Gasteiger partial charge is 0.330 e. The topological polar surface area (TPSA) is 197 Å². The van der Waals surface area contributed by atoms with E-state index in [1.165, 1.54) is 6.92 Å². The number of carbonyl (C=O) groups is 2. The molecule has 0 bridgehead atoms. The van der Waals surface area contributed by atoms with Gasteiger partial charge in [0.25, 0.3) is 5.56 Å². The largest absolute Gasteiger partial charge is 0.394 e. The van der Waals surface area contributed by atoms with E-state index in [4.69, 9.17) is 15.6 Å². The number of aromatic nitrogens is 2. The number of ether oxygens (including phenoxy) is 1. The van der Waals surface area contributed by atoms with Crippen LogP contribution >= 0.6 is 0 Å². The van der Waals surface area contributed by atoms with Crippen molar-refractivity contribution in [1.82, 2.24) is 14.9 Å². The van der Waals surface area contributed by atoms with Gasteiger partial charge in [-0.2, -0.15) is 0 Å². The van der Waals surface area contributed by atoms with Crippen molar-refractivity contribution in [2.45, 2.75) is 43.9 Å². The second kappa shape index (κ2) is 7.78. The lowest BCUT2D eigenvalue weighted by atomic mass is 10.0. The van der Waals surface area contributed by atoms with Crippen LogP contribution in [0.25, 0.3) is 0 Å². The summed E-state index contributed by atoms with van der Waals surface area (Å²) >= 11 is 0. The van der Waals surface area contributed by atoms with Crippen LogP contribution in [0.5, 0.6) is 0 Å². The number of ketones is 1. The highest BCUT2D eigenvalue weighted by Gasteiger charge is 2.36. The third kappa shape index (κ3) is 3.99. The van der Waals surface area contributed by atoms with E-state index in [0.717, 1.165) is 10.8 Å². The molecule has 2 heterocycles. The minimum absolute atomic E-state index is 0.0514. The molecule has 0 aromatic carbocycles. The van der Waals surface area contributed by atoms with E-state index in [0.29, 0.717) is 0 Å². The Morgan fingerprint density at radius 2 is 2.15 bits per heavy atom. The molecule has 12 heteroatoms. The highest BCUT2D eigenvalue weighted by atomic mass is 16.5. The van der Waals surface area contributed by atoms with Crippen molar-refractivity contribution >= 4 is 11.8 Å². The van der Waals surface area contributed by atoms with Gasteiger partial charge in [0.15, 0.2) is 5.78 Å². The number of H-pyrrole nitrogens is 1. The molecule has 2 amide bonds. The lowest BCUT2D eigenvalue weighted by Crippen LogP contribution is -2.51.